The fourth-order valence-electron chi connectivity index (χ4n) is 2.84. The van der Waals surface area contributed by atoms with Crippen molar-refractivity contribution in [2.45, 2.75) is 24.8 Å². The van der Waals surface area contributed by atoms with Crippen LogP contribution in [0, 0.1) is 17.0 Å². The van der Waals surface area contributed by atoms with Crippen LogP contribution in [-0.2, 0) is 10.0 Å². The number of hydrogen-bond donors (Lipinski definition) is 2. The van der Waals surface area contributed by atoms with Crippen LogP contribution in [0.3, 0.4) is 0 Å². The topological polar surface area (TPSA) is 131 Å². The van der Waals surface area contributed by atoms with Crippen molar-refractivity contribution in [1.29, 1.82) is 0 Å². The first-order chi connectivity index (χ1) is 14.7. The molecule has 0 aliphatic heterocycles. The lowest BCUT2D eigenvalue weighted by atomic mass is 10.1. The maximum absolute atomic E-state index is 12.6. The molecule has 0 fully saturated rings. The van der Waals surface area contributed by atoms with Crippen molar-refractivity contribution < 1.29 is 18.1 Å². The minimum Gasteiger partial charge on any atom is -0.344 e. The van der Waals surface area contributed by atoms with E-state index in [0.29, 0.717) is 16.8 Å². The predicted molar refractivity (Wildman–Crippen MR) is 115 cm³/mol. The normalized spacial score (nSPS) is 12.1. The van der Waals surface area contributed by atoms with Crippen molar-refractivity contribution in [3.05, 3.63) is 93.8 Å². The zero-order valence-electron chi connectivity index (χ0n) is 16.8. The van der Waals surface area contributed by atoms with Crippen LogP contribution in [0.4, 0.5) is 11.4 Å². The Balaban J connectivity index is 1.72. The van der Waals surface area contributed by atoms with E-state index >= 15 is 0 Å². The fraction of sp³-hybridized carbons (Fsp3) is 0.143. The first-order valence-corrected chi connectivity index (χ1v) is 10.8. The number of rotatable bonds is 7. The largest absolute Gasteiger partial charge is 0.344 e. The van der Waals surface area contributed by atoms with E-state index in [4.69, 9.17) is 0 Å². The summed E-state index contributed by atoms with van der Waals surface area (Å²) in [5.41, 5.74) is 1.36. The van der Waals surface area contributed by atoms with Gasteiger partial charge in [-0.3, -0.25) is 24.6 Å². The van der Waals surface area contributed by atoms with E-state index in [1.807, 2.05) is 13.0 Å². The van der Waals surface area contributed by atoms with Gasteiger partial charge >= 0.3 is 0 Å². The Morgan fingerprint density at radius 1 is 1.10 bits per heavy atom. The van der Waals surface area contributed by atoms with Gasteiger partial charge in [-0.15, -0.1) is 0 Å². The SMILES string of the molecule is Cc1ccc(S(=O)(=O)Nc2ccc(C(=O)NC(C)c3ccccn3)cc2)cc1[N+](=O)[O-]. The van der Waals surface area contributed by atoms with E-state index in [1.54, 1.807) is 18.3 Å². The van der Waals surface area contributed by atoms with E-state index in [2.05, 4.69) is 15.0 Å². The number of nitrogens with one attached hydrogen (secondary N) is 2. The molecule has 1 heterocycles. The summed E-state index contributed by atoms with van der Waals surface area (Å²) in [6.07, 6.45) is 1.64. The van der Waals surface area contributed by atoms with Crippen molar-refractivity contribution in [3.8, 4) is 0 Å². The average Bonchev–Trinajstić information content (AvgIpc) is 2.74. The van der Waals surface area contributed by atoms with Crippen LogP contribution in [-0.4, -0.2) is 24.2 Å². The second-order valence-corrected chi connectivity index (χ2v) is 8.52. The first kappa shape index (κ1) is 21.9. The molecule has 0 bridgehead atoms. The molecule has 31 heavy (non-hydrogen) atoms. The molecular weight excluding hydrogens is 420 g/mol. The molecule has 0 saturated heterocycles. The summed E-state index contributed by atoms with van der Waals surface area (Å²) >= 11 is 0. The van der Waals surface area contributed by atoms with E-state index in [0.717, 1.165) is 6.07 Å². The summed E-state index contributed by atoms with van der Waals surface area (Å²) < 4.78 is 27.5. The molecule has 10 heteroatoms. The number of aryl methyl sites for hydroxylation is 1. The number of aromatic nitrogens is 1. The summed E-state index contributed by atoms with van der Waals surface area (Å²) in [6.45, 7) is 3.34. The van der Waals surface area contributed by atoms with E-state index in [9.17, 15) is 23.3 Å². The van der Waals surface area contributed by atoms with E-state index in [-0.39, 0.29) is 28.2 Å². The minimum absolute atomic E-state index is 0.220. The predicted octanol–water partition coefficient (Wildman–Crippen LogP) is 3.59. The smallest absolute Gasteiger partial charge is 0.273 e. The number of amides is 1. The van der Waals surface area contributed by atoms with Gasteiger partial charge in [0.15, 0.2) is 0 Å². The molecule has 2 N–H and O–H groups in total. The molecule has 0 spiro atoms. The molecule has 1 atom stereocenters. The summed E-state index contributed by atoms with van der Waals surface area (Å²) in [4.78, 5) is 26.9. The third kappa shape index (κ3) is 5.23. The van der Waals surface area contributed by atoms with Crippen molar-refractivity contribution in [2.75, 3.05) is 4.72 Å². The van der Waals surface area contributed by atoms with Crippen molar-refractivity contribution >= 4 is 27.3 Å². The molecule has 0 radical (unpaired) electrons. The molecule has 3 aromatic rings. The number of carbonyl (C=O) groups excluding carboxylic acids is 1. The van der Waals surface area contributed by atoms with Crippen LogP contribution in [0.1, 0.15) is 34.6 Å². The van der Waals surface area contributed by atoms with E-state index < -0.39 is 14.9 Å². The van der Waals surface area contributed by atoms with Gasteiger partial charge in [0.2, 0.25) is 0 Å². The van der Waals surface area contributed by atoms with Crippen molar-refractivity contribution in [2.24, 2.45) is 0 Å². The van der Waals surface area contributed by atoms with Gasteiger partial charge in [-0.25, -0.2) is 8.42 Å². The van der Waals surface area contributed by atoms with Crippen molar-refractivity contribution in [1.82, 2.24) is 10.3 Å². The number of hydrogen-bond acceptors (Lipinski definition) is 6. The Hall–Kier alpha value is -3.79. The monoisotopic (exact) mass is 440 g/mol. The lowest BCUT2D eigenvalue weighted by molar-refractivity contribution is -0.385. The number of nitro benzene ring substituents is 1. The Morgan fingerprint density at radius 3 is 2.42 bits per heavy atom. The van der Waals surface area contributed by atoms with Gasteiger partial charge in [-0.05, 0) is 56.3 Å². The quantitative estimate of drug-likeness (QED) is 0.426. The number of sulfonamides is 1. The molecule has 2 aromatic carbocycles. The Bertz CT molecular complexity index is 1210. The summed E-state index contributed by atoms with van der Waals surface area (Å²) in [5.74, 6) is -0.332. The Labute approximate surface area is 179 Å². The molecule has 9 nitrogen and oxygen atoms in total. The molecular formula is C21H20N4O5S. The minimum atomic E-state index is -4.04. The molecule has 0 aliphatic carbocycles. The second-order valence-electron chi connectivity index (χ2n) is 6.84. The van der Waals surface area contributed by atoms with Crippen LogP contribution < -0.4 is 10.0 Å². The van der Waals surface area contributed by atoms with Crippen molar-refractivity contribution in [3.63, 3.8) is 0 Å². The lowest BCUT2D eigenvalue weighted by Gasteiger charge is -2.14. The molecule has 1 amide bonds. The lowest BCUT2D eigenvalue weighted by Crippen LogP contribution is -2.27. The summed E-state index contributed by atoms with van der Waals surface area (Å²) in [7, 11) is -4.04. The highest BCUT2D eigenvalue weighted by Gasteiger charge is 2.20. The highest BCUT2D eigenvalue weighted by molar-refractivity contribution is 7.92. The number of benzene rings is 2. The number of anilines is 1. The maximum Gasteiger partial charge on any atom is 0.273 e. The third-order valence-corrected chi connectivity index (χ3v) is 5.94. The highest BCUT2D eigenvalue weighted by Crippen LogP contribution is 2.24. The van der Waals surface area contributed by atoms with Crippen LogP contribution in [0.5, 0.6) is 0 Å². The summed E-state index contributed by atoms with van der Waals surface area (Å²) in [5, 5.41) is 13.9. The van der Waals surface area contributed by atoms with Crippen LogP contribution >= 0.6 is 0 Å². The Morgan fingerprint density at radius 2 is 1.81 bits per heavy atom. The second kappa shape index (κ2) is 8.92. The molecule has 160 valence electrons. The average molecular weight is 440 g/mol. The standard InChI is InChI=1S/C21H20N4O5S/c1-14-6-11-18(13-20(14)25(27)28)31(29,30)24-17-9-7-16(8-10-17)21(26)23-15(2)19-5-3-4-12-22-19/h3-13,15,24H,1-2H3,(H,23,26). The van der Waals surface area contributed by atoms with Gasteiger partial charge in [-0.2, -0.15) is 0 Å². The number of nitro groups is 1. The molecule has 3 rings (SSSR count). The van der Waals surface area contributed by atoms with Crippen LogP contribution in [0.25, 0.3) is 0 Å². The number of nitrogens with zero attached hydrogens (tertiary/aromatic N) is 2. The third-order valence-electron chi connectivity index (χ3n) is 4.57. The zero-order chi connectivity index (χ0) is 22.6. The van der Waals surface area contributed by atoms with Gasteiger partial charge in [0.05, 0.1) is 21.6 Å². The first-order valence-electron chi connectivity index (χ1n) is 9.27. The van der Waals surface area contributed by atoms with Gasteiger partial charge in [0.25, 0.3) is 21.6 Å². The highest BCUT2D eigenvalue weighted by atomic mass is 32.2. The number of pyridine rings is 1. The van der Waals surface area contributed by atoms with Gasteiger partial charge < -0.3 is 5.32 Å². The Kier molecular flexibility index (Phi) is 6.30. The maximum atomic E-state index is 12.6. The van der Waals surface area contributed by atoms with Crippen LogP contribution in [0.15, 0.2) is 71.8 Å². The number of carbonyl (C=O) groups is 1. The fourth-order valence-corrected chi connectivity index (χ4v) is 3.92. The summed E-state index contributed by atoms with van der Waals surface area (Å²) in [6, 6.07) is 14.7. The molecule has 1 unspecified atom stereocenters. The molecule has 1 aromatic heterocycles. The molecule has 0 saturated carbocycles. The zero-order valence-corrected chi connectivity index (χ0v) is 17.6. The molecule has 0 aliphatic rings. The van der Waals surface area contributed by atoms with E-state index in [1.165, 1.54) is 43.3 Å². The van der Waals surface area contributed by atoms with Gasteiger partial charge in [0.1, 0.15) is 0 Å². The van der Waals surface area contributed by atoms with Gasteiger partial charge in [0, 0.05) is 29.1 Å². The van der Waals surface area contributed by atoms with Crippen LogP contribution in [0.2, 0.25) is 0 Å². The van der Waals surface area contributed by atoms with Gasteiger partial charge in [-0.1, -0.05) is 12.1 Å².